The number of hydrogen-bond donors (Lipinski definition) is 0. The molecule has 1 aromatic carbocycles. The zero-order valence-electron chi connectivity index (χ0n) is 15.7. The fourth-order valence-corrected chi connectivity index (χ4v) is 3.40. The van der Waals surface area contributed by atoms with Crippen LogP contribution in [0.25, 0.3) is 0 Å². The number of carbonyl (C=O) groups excluding carboxylic acids is 2. The van der Waals surface area contributed by atoms with Crippen LogP contribution in [0.2, 0.25) is 0 Å². The molecule has 0 spiro atoms. The number of unbranched alkanes of at least 4 members (excludes halogenated alkanes) is 5. The molecule has 1 heterocycles. The summed E-state index contributed by atoms with van der Waals surface area (Å²) in [6.07, 6.45) is 10.4. The second-order valence-electron chi connectivity index (χ2n) is 7.01. The number of nitrogens with zero attached hydrogens (tertiary/aromatic N) is 1. The molecule has 0 saturated carbocycles. The lowest BCUT2D eigenvalue weighted by Crippen LogP contribution is -2.46. The molecule has 0 radical (unpaired) electrons. The van der Waals surface area contributed by atoms with Gasteiger partial charge in [0.2, 0.25) is 0 Å². The van der Waals surface area contributed by atoms with E-state index >= 15 is 0 Å². The van der Waals surface area contributed by atoms with Gasteiger partial charge in [0.15, 0.2) is 0 Å². The molecule has 1 unspecified atom stereocenters. The highest BCUT2D eigenvalue weighted by atomic mass is 16.6. The molecule has 2 rings (SSSR count). The summed E-state index contributed by atoms with van der Waals surface area (Å²) < 4.78 is 5.47. The Morgan fingerprint density at radius 1 is 1.15 bits per heavy atom. The SMILES string of the molecule is C=CCCCCCCCC1CC(=O)CCN1C(=O)OCc1ccccc1. The molecule has 1 aromatic rings. The second-order valence-corrected chi connectivity index (χ2v) is 7.01. The van der Waals surface area contributed by atoms with Crippen LogP contribution < -0.4 is 0 Å². The highest BCUT2D eigenvalue weighted by Crippen LogP contribution is 2.22. The zero-order chi connectivity index (χ0) is 18.6. The van der Waals surface area contributed by atoms with Crippen molar-refractivity contribution in [2.75, 3.05) is 6.54 Å². The number of rotatable bonds is 10. The number of amides is 1. The van der Waals surface area contributed by atoms with E-state index in [1.807, 2.05) is 36.4 Å². The van der Waals surface area contributed by atoms with Crippen molar-refractivity contribution in [3.8, 4) is 0 Å². The number of hydrogen-bond acceptors (Lipinski definition) is 3. The van der Waals surface area contributed by atoms with E-state index in [0.717, 1.165) is 31.2 Å². The molecule has 1 saturated heterocycles. The molecule has 1 aliphatic rings. The third-order valence-electron chi connectivity index (χ3n) is 4.92. The Kier molecular flexibility index (Phi) is 8.94. The highest BCUT2D eigenvalue weighted by molar-refractivity contribution is 5.82. The summed E-state index contributed by atoms with van der Waals surface area (Å²) in [6.45, 7) is 4.50. The third-order valence-corrected chi connectivity index (χ3v) is 4.92. The minimum absolute atomic E-state index is 0.00676. The standard InChI is InChI=1S/C22H31NO3/c1-2-3-4-5-6-7-11-14-20-17-21(24)15-16-23(20)22(25)26-18-19-12-9-8-10-13-19/h2,8-10,12-13,20H,1,3-7,11,14-18H2. The van der Waals surface area contributed by atoms with Crippen molar-refractivity contribution in [1.82, 2.24) is 4.90 Å². The maximum absolute atomic E-state index is 12.5. The maximum Gasteiger partial charge on any atom is 0.410 e. The quantitative estimate of drug-likeness (QED) is 0.423. The van der Waals surface area contributed by atoms with Gasteiger partial charge in [-0.3, -0.25) is 4.79 Å². The second kappa shape index (κ2) is 11.5. The smallest absolute Gasteiger partial charge is 0.410 e. The van der Waals surface area contributed by atoms with E-state index in [9.17, 15) is 9.59 Å². The molecule has 0 bridgehead atoms. The zero-order valence-corrected chi connectivity index (χ0v) is 15.7. The third kappa shape index (κ3) is 7.03. The normalized spacial score (nSPS) is 17.2. The lowest BCUT2D eigenvalue weighted by Gasteiger charge is -2.34. The van der Waals surface area contributed by atoms with Crippen LogP contribution in [0, 0.1) is 0 Å². The molecule has 1 aliphatic heterocycles. The highest BCUT2D eigenvalue weighted by Gasteiger charge is 2.31. The number of ketones is 1. The minimum Gasteiger partial charge on any atom is -0.445 e. The molecule has 0 N–H and O–H groups in total. The van der Waals surface area contributed by atoms with Gasteiger partial charge in [-0.15, -0.1) is 6.58 Å². The molecule has 1 amide bonds. The number of Topliss-reactive ketones (excluding diaryl/α,β-unsaturated/α-hetero) is 1. The van der Waals surface area contributed by atoms with Crippen LogP contribution in [-0.2, 0) is 16.1 Å². The van der Waals surface area contributed by atoms with E-state index in [2.05, 4.69) is 6.58 Å². The van der Waals surface area contributed by atoms with Gasteiger partial charge in [0.05, 0.1) is 0 Å². The van der Waals surface area contributed by atoms with Crippen molar-refractivity contribution >= 4 is 11.9 Å². The van der Waals surface area contributed by atoms with Crippen LogP contribution >= 0.6 is 0 Å². The lowest BCUT2D eigenvalue weighted by molar-refractivity contribution is -0.122. The molecule has 142 valence electrons. The molecular weight excluding hydrogens is 326 g/mol. The first-order valence-corrected chi connectivity index (χ1v) is 9.80. The van der Waals surface area contributed by atoms with E-state index in [1.165, 1.54) is 19.3 Å². The molecule has 26 heavy (non-hydrogen) atoms. The molecule has 0 aromatic heterocycles. The average Bonchev–Trinajstić information content (AvgIpc) is 2.66. The molecule has 0 aliphatic carbocycles. The molecule has 1 atom stereocenters. The first kappa shape index (κ1) is 20.2. The van der Waals surface area contributed by atoms with Crippen molar-refractivity contribution in [3.05, 3.63) is 48.6 Å². The summed E-state index contributed by atoms with van der Waals surface area (Å²) in [6, 6.07) is 9.68. The van der Waals surface area contributed by atoms with E-state index < -0.39 is 0 Å². The van der Waals surface area contributed by atoms with Gasteiger partial charge in [0.25, 0.3) is 0 Å². The van der Waals surface area contributed by atoms with Crippen LogP contribution in [0.3, 0.4) is 0 Å². The monoisotopic (exact) mass is 357 g/mol. The summed E-state index contributed by atoms with van der Waals surface area (Å²) in [7, 11) is 0. The first-order valence-electron chi connectivity index (χ1n) is 9.80. The molecule has 4 nitrogen and oxygen atoms in total. The maximum atomic E-state index is 12.5. The van der Waals surface area contributed by atoms with Crippen LogP contribution in [-0.4, -0.2) is 29.4 Å². The van der Waals surface area contributed by atoms with Gasteiger partial charge in [-0.2, -0.15) is 0 Å². The van der Waals surface area contributed by atoms with E-state index in [1.54, 1.807) is 4.90 Å². The fraction of sp³-hybridized carbons (Fsp3) is 0.545. The molecule has 1 fully saturated rings. The van der Waals surface area contributed by atoms with Crippen molar-refractivity contribution in [2.45, 2.75) is 70.4 Å². The van der Waals surface area contributed by atoms with E-state index in [0.29, 0.717) is 19.4 Å². The molecular formula is C22H31NO3. The van der Waals surface area contributed by atoms with Gasteiger partial charge < -0.3 is 9.64 Å². The Labute approximate surface area is 157 Å². The van der Waals surface area contributed by atoms with Gasteiger partial charge in [0.1, 0.15) is 12.4 Å². The number of piperidine rings is 1. The Morgan fingerprint density at radius 2 is 1.88 bits per heavy atom. The predicted octanol–water partition coefficient (Wildman–Crippen LogP) is 5.27. The van der Waals surface area contributed by atoms with Crippen LogP contribution in [0.1, 0.15) is 63.4 Å². The number of ether oxygens (including phenoxy) is 1. The first-order chi connectivity index (χ1) is 12.7. The summed E-state index contributed by atoms with van der Waals surface area (Å²) in [5, 5.41) is 0. The Hall–Kier alpha value is -2.10. The Bertz CT molecular complexity index is 570. The van der Waals surface area contributed by atoms with Crippen LogP contribution in [0.5, 0.6) is 0 Å². The number of carbonyl (C=O) groups is 2. The van der Waals surface area contributed by atoms with Crippen LogP contribution in [0.15, 0.2) is 43.0 Å². The van der Waals surface area contributed by atoms with Gasteiger partial charge >= 0.3 is 6.09 Å². The van der Waals surface area contributed by atoms with Gasteiger partial charge in [-0.25, -0.2) is 4.79 Å². The fourth-order valence-electron chi connectivity index (χ4n) is 3.40. The number of benzene rings is 1. The Morgan fingerprint density at radius 3 is 2.65 bits per heavy atom. The topological polar surface area (TPSA) is 46.6 Å². The van der Waals surface area contributed by atoms with Crippen LogP contribution in [0.4, 0.5) is 4.79 Å². The Balaban J connectivity index is 1.75. The van der Waals surface area contributed by atoms with E-state index in [4.69, 9.17) is 4.74 Å². The van der Waals surface area contributed by atoms with Gasteiger partial charge in [0, 0.05) is 25.4 Å². The summed E-state index contributed by atoms with van der Waals surface area (Å²) in [5.74, 6) is 0.257. The van der Waals surface area contributed by atoms with Crippen molar-refractivity contribution in [2.24, 2.45) is 0 Å². The molecule has 4 heteroatoms. The van der Waals surface area contributed by atoms with Gasteiger partial charge in [-0.05, 0) is 24.8 Å². The minimum atomic E-state index is -0.294. The van der Waals surface area contributed by atoms with Crippen molar-refractivity contribution in [3.63, 3.8) is 0 Å². The lowest BCUT2D eigenvalue weighted by atomic mass is 9.96. The van der Waals surface area contributed by atoms with Crippen molar-refractivity contribution in [1.29, 1.82) is 0 Å². The average molecular weight is 357 g/mol. The number of likely N-dealkylation sites (tertiary alicyclic amines) is 1. The van der Waals surface area contributed by atoms with Crippen molar-refractivity contribution < 1.29 is 14.3 Å². The summed E-state index contributed by atoms with van der Waals surface area (Å²) in [5.41, 5.74) is 0.977. The predicted molar refractivity (Wildman–Crippen MR) is 104 cm³/mol. The largest absolute Gasteiger partial charge is 0.445 e. The summed E-state index contributed by atoms with van der Waals surface area (Å²) in [4.78, 5) is 26.1. The van der Waals surface area contributed by atoms with E-state index in [-0.39, 0.29) is 24.5 Å². The number of allylic oxidation sites excluding steroid dienone is 1. The van der Waals surface area contributed by atoms with Gasteiger partial charge in [-0.1, -0.05) is 62.1 Å². The summed E-state index contributed by atoms with van der Waals surface area (Å²) >= 11 is 0.